The van der Waals surface area contributed by atoms with Crippen LogP contribution in [0.3, 0.4) is 0 Å². The molecule has 0 heterocycles. The van der Waals surface area contributed by atoms with Gasteiger partial charge in [-0.25, -0.2) is 4.79 Å². The first-order chi connectivity index (χ1) is 13.1. The molecule has 0 aromatic heterocycles. The highest BCUT2D eigenvalue weighted by atomic mass is 35.5. The van der Waals surface area contributed by atoms with Gasteiger partial charge in [0.1, 0.15) is 5.75 Å². The summed E-state index contributed by atoms with van der Waals surface area (Å²) in [5, 5.41) is 5.15. The van der Waals surface area contributed by atoms with Crippen molar-refractivity contribution in [3.05, 3.63) is 83.4 Å². The summed E-state index contributed by atoms with van der Waals surface area (Å²) in [7, 11) is 1.56. The highest BCUT2D eigenvalue weighted by Crippen LogP contribution is 2.32. The second-order valence-corrected chi connectivity index (χ2v) is 6.08. The maximum Gasteiger partial charge on any atom is 0.326 e. The number of rotatable bonds is 4. The summed E-state index contributed by atoms with van der Waals surface area (Å²) >= 11 is 5.97. The van der Waals surface area contributed by atoms with Crippen LogP contribution in [-0.4, -0.2) is 19.0 Å². The summed E-state index contributed by atoms with van der Waals surface area (Å²) in [6, 6.07) is 20.9. The van der Waals surface area contributed by atoms with E-state index in [-0.39, 0.29) is 10.6 Å². The molecule has 6 heteroatoms. The molecule has 0 spiro atoms. The second kappa shape index (κ2) is 8.38. The smallest absolute Gasteiger partial charge is 0.326 e. The van der Waals surface area contributed by atoms with Gasteiger partial charge in [0.25, 0.3) is 5.91 Å². The van der Waals surface area contributed by atoms with Crippen LogP contribution in [0.4, 0.5) is 10.5 Å². The molecule has 0 atom stereocenters. The zero-order valence-electron chi connectivity index (χ0n) is 14.5. The van der Waals surface area contributed by atoms with Gasteiger partial charge in [0.05, 0.1) is 17.7 Å². The summed E-state index contributed by atoms with van der Waals surface area (Å²) in [6.45, 7) is 0. The van der Waals surface area contributed by atoms with Gasteiger partial charge in [-0.1, -0.05) is 54.1 Å². The number of hydrogen-bond acceptors (Lipinski definition) is 3. The van der Waals surface area contributed by atoms with Gasteiger partial charge in [-0.3, -0.25) is 10.1 Å². The number of amides is 3. The molecule has 0 saturated carbocycles. The summed E-state index contributed by atoms with van der Waals surface area (Å²) in [4.78, 5) is 24.3. The molecule has 3 amide bonds. The normalized spacial score (nSPS) is 10.1. The SMILES string of the molecule is COc1cc(NC(=O)NC(=O)c2ccccc2Cl)ccc1-c1ccccc1. The van der Waals surface area contributed by atoms with Gasteiger partial charge in [-0.15, -0.1) is 0 Å². The van der Waals surface area contributed by atoms with E-state index >= 15 is 0 Å². The van der Waals surface area contributed by atoms with Crippen LogP contribution in [-0.2, 0) is 0 Å². The van der Waals surface area contributed by atoms with Crippen molar-refractivity contribution in [2.75, 3.05) is 12.4 Å². The van der Waals surface area contributed by atoms with Crippen LogP contribution in [0, 0.1) is 0 Å². The number of anilines is 1. The molecular formula is C21H17ClN2O3. The Balaban J connectivity index is 1.73. The van der Waals surface area contributed by atoms with Crippen LogP contribution in [0.1, 0.15) is 10.4 Å². The van der Waals surface area contributed by atoms with Crippen molar-refractivity contribution in [3.63, 3.8) is 0 Å². The number of imide groups is 1. The molecule has 5 nitrogen and oxygen atoms in total. The van der Waals surface area contributed by atoms with Gasteiger partial charge in [-0.05, 0) is 29.8 Å². The molecule has 136 valence electrons. The predicted octanol–water partition coefficient (Wildman–Crippen LogP) is 4.98. The Labute approximate surface area is 161 Å². The van der Waals surface area contributed by atoms with Gasteiger partial charge >= 0.3 is 6.03 Å². The lowest BCUT2D eigenvalue weighted by Crippen LogP contribution is -2.34. The minimum atomic E-state index is -0.658. The molecule has 3 aromatic carbocycles. The first kappa shape index (κ1) is 18.5. The van der Waals surface area contributed by atoms with Crippen LogP contribution < -0.4 is 15.4 Å². The van der Waals surface area contributed by atoms with Gasteiger partial charge in [-0.2, -0.15) is 0 Å². The van der Waals surface area contributed by atoms with Crippen molar-refractivity contribution in [3.8, 4) is 16.9 Å². The molecule has 3 rings (SSSR count). The Kier molecular flexibility index (Phi) is 5.74. The highest BCUT2D eigenvalue weighted by Gasteiger charge is 2.14. The lowest BCUT2D eigenvalue weighted by Gasteiger charge is -2.12. The highest BCUT2D eigenvalue weighted by molar-refractivity contribution is 6.34. The fourth-order valence-electron chi connectivity index (χ4n) is 2.60. The molecule has 0 fully saturated rings. The van der Waals surface area contributed by atoms with Crippen LogP contribution in [0.5, 0.6) is 5.75 Å². The van der Waals surface area contributed by atoms with Crippen molar-refractivity contribution in [2.24, 2.45) is 0 Å². The molecule has 0 saturated heterocycles. The maximum atomic E-state index is 12.1. The quantitative estimate of drug-likeness (QED) is 0.671. The molecule has 0 unspecified atom stereocenters. The fourth-order valence-corrected chi connectivity index (χ4v) is 2.82. The lowest BCUT2D eigenvalue weighted by molar-refractivity contribution is 0.0967. The standard InChI is InChI=1S/C21H17ClN2O3/c1-27-19-13-15(11-12-16(19)14-7-3-2-4-8-14)23-21(26)24-20(25)17-9-5-6-10-18(17)22/h2-13H,1H3,(H2,23,24,25,26). The third kappa shape index (κ3) is 4.46. The van der Waals surface area contributed by atoms with E-state index in [1.54, 1.807) is 43.5 Å². The van der Waals surface area contributed by atoms with Gasteiger partial charge in [0.15, 0.2) is 0 Å². The Morgan fingerprint density at radius 2 is 1.63 bits per heavy atom. The number of hydrogen-bond donors (Lipinski definition) is 2. The molecule has 0 aliphatic carbocycles. The third-order valence-electron chi connectivity index (χ3n) is 3.89. The molecular weight excluding hydrogens is 364 g/mol. The minimum Gasteiger partial charge on any atom is -0.496 e. The summed E-state index contributed by atoms with van der Waals surface area (Å²) < 4.78 is 5.43. The molecule has 0 aliphatic rings. The summed E-state index contributed by atoms with van der Waals surface area (Å²) in [5.74, 6) is 0.0300. The molecule has 0 radical (unpaired) electrons. The number of carbonyl (C=O) groups is 2. The van der Waals surface area contributed by atoms with Crippen LogP contribution in [0.25, 0.3) is 11.1 Å². The average Bonchev–Trinajstić information content (AvgIpc) is 2.68. The molecule has 0 bridgehead atoms. The summed E-state index contributed by atoms with van der Waals surface area (Å²) in [6.07, 6.45) is 0. The average molecular weight is 381 g/mol. The maximum absolute atomic E-state index is 12.1. The van der Waals surface area contributed by atoms with Crippen LogP contribution in [0.2, 0.25) is 5.02 Å². The zero-order chi connectivity index (χ0) is 19.2. The van der Waals surface area contributed by atoms with Gasteiger partial charge in [0, 0.05) is 17.3 Å². The Morgan fingerprint density at radius 3 is 2.33 bits per heavy atom. The lowest BCUT2D eigenvalue weighted by atomic mass is 10.0. The Bertz CT molecular complexity index is 974. The topological polar surface area (TPSA) is 67.4 Å². The largest absolute Gasteiger partial charge is 0.496 e. The molecule has 3 aromatic rings. The minimum absolute atomic E-state index is 0.228. The monoisotopic (exact) mass is 380 g/mol. The first-order valence-corrected chi connectivity index (χ1v) is 8.56. The van der Waals surface area contributed by atoms with E-state index in [0.29, 0.717) is 11.4 Å². The van der Waals surface area contributed by atoms with Crippen LogP contribution in [0.15, 0.2) is 72.8 Å². The third-order valence-corrected chi connectivity index (χ3v) is 4.22. The van der Waals surface area contributed by atoms with E-state index < -0.39 is 11.9 Å². The number of benzene rings is 3. The zero-order valence-corrected chi connectivity index (χ0v) is 15.3. The predicted molar refractivity (Wildman–Crippen MR) is 106 cm³/mol. The van der Waals surface area contributed by atoms with E-state index in [0.717, 1.165) is 11.1 Å². The van der Waals surface area contributed by atoms with Gasteiger partial charge in [0.2, 0.25) is 0 Å². The van der Waals surface area contributed by atoms with E-state index in [1.165, 1.54) is 0 Å². The second-order valence-electron chi connectivity index (χ2n) is 5.67. The summed E-state index contributed by atoms with van der Waals surface area (Å²) in [5.41, 5.74) is 2.62. The van der Waals surface area contributed by atoms with Gasteiger partial charge < -0.3 is 10.1 Å². The number of carbonyl (C=O) groups excluding carboxylic acids is 2. The number of ether oxygens (including phenoxy) is 1. The fraction of sp³-hybridized carbons (Fsp3) is 0.0476. The Hall–Kier alpha value is -3.31. The van der Waals surface area contributed by atoms with Crippen molar-refractivity contribution in [1.82, 2.24) is 5.32 Å². The van der Waals surface area contributed by atoms with Crippen molar-refractivity contribution >= 4 is 29.2 Å². The number of methoxy groups -OCH3 is 1. The van der Waals surface area contributed by atoms with Crippen molar-refractivity contribution < 1.29 is 14.3 Å². The van der Waals surface area contributed by atoms with E-state index in [1.807, 2.05) is 36.4 Å². The molecule has 0 aliphatic heterocycles. The Morgan fingerprint density at radius 1 is 0.926 bits per heavy atom. The number of nitrogens with one attached hydrogen (secondary N) is 2. The van der Waals surface area contributed by atoms with Crippen LogP contribution >= 0.6 is 11.6 Å². The van der Waals surface area contributed by atoms with E-state index in [4.69, 9.17) is 16.3 Å². The molecule has 2 N–H and O–H groups in total. The number of halogens is 1. The first-order valence-electron chi connectivity index (χ1n) is 8.19. The number of urea groups is 1. The molecule has 27 heavy (non-hydrogen) atoms. The van der Waals surface area contributed by atoms with Crippen molar-refractivity contribution in [1.29, 1.82) is 0 Å². The van der Waals surface area contributed by atoms with E-state index in [9.17, 15) is 9.59 Å². The van der Waals surface area contributed by atoms with E-state index in [2.05, 4.69) is 10.6 Å². The van der Waals surface area contributed by atoms with Crippen molar-refractivity contribution in [2.45, 2.75) is 0 Å².